The van der Waals surface area contributed by atoms with Crippen molar-refractivity contribution in [1.82, 2.24) is 29.3 Å². The third-order valence-electron chi connectivity index (χ3n) is 4.72. The standard InChI is InChI=1S/C21H14FN7O2/c22-13-1-5-15(6-2-13)28-12-23-10-18(28)21(31)27-14-3-7-16(8-4-14)29-19-17(9-26-29)20(30)25-11-24-19/h1-12H,(H,27,31)(H,24,25,30). The molecule has 0 atom stereocenters. The summed E-state index contributed by atoms with van der Waals surface area (Å²) in [6, 6.07) is 12.7. The van der Waals surface area contributed by atoms with Crippen molar-refractivity contribution in [3.05, 3.63) is 95.4 Å². The molecule has 0 spiro atoms. The number of amides is 1. The first-order valence-electron chi connectivity index (χ1n) is 9.22. The maximum atomic E-state index is 13.2. The van der Waals surface area contributed by atoms with E-state index in [9.17, 15) is 14.0 Å². The molecule has 0 saturated carbocycles. The van der Waals surface area contributed by atoms with E-state index in [0.717, 1.165) is 0 Å². The van der Waals surface area contributed by atoms with Crippen LogP contribution in [0.4, 0.5) is 10.1 Å². The Morgan fingerprint density at radius 3 is 2.52 bits per heavy atom. The van der Waals surface area contributed by atoms with Gasteiger partial charge in [0.1, 0.15) is 16.9 Å². The molecule has 31 heavy (non-hydrogen) atoms. The number of hydrogen-bond donors (Lipinski definition) is 2. The van der Waals surface area contributed by atoms with E-state index in [1.54, 1.807) is 45.6 Å². The highest BCUT2D eigenvalue weighted by Gasteiger charge is 2.14. The number of aromatic nitrogens is 6. The van der Waals surface area contributed by atoms with E-state index in [1.165, 1.54) is 37.2 Å². The maximum absolute atomic E-state index is 13.2. The highest BCUT2D eigenvalue weighted by Crippen LogP contribution is 2.18. The van der Waals surface area contributed by atoms with Crippen LogP contribution in [-0.2, 0) is 0 Å². The normalized spacial score (nSPS) is 11.0. The summed E-state index contributed by atoms with van der Waals surface area (Å²) in [4.78, 5) is 35.3. The topological polar surface area (TPSA) is 110 Å². The number of carbonyl (C=O) groups excluding carboxylic acids is 1. The molecule has 0 saturated heterocycles. The Kier molecular flexibility index (Phi) is 4.36. The average molecular weight is 415 g/mol. The lowest BCUT2D eigenvalue weighted by Gasteiger charge is -2.10. The molecule has 2 aromatic carbocycles. The van der Waals surface area contributed by atoms with Gasteiger partial charge in [0.15, 0.2) is 5.65 Å². The van der Waals surface area contributed by atoms with Crippen LogP contribution in [0, 0.1) is 5.82 Å². The van der Waals surface area contributed by atoms with E-state index >= 15 is 0 Å². The van der Waals surface area contributed by atoms with Crippen molar-refractivity contribution in [2.24, 2.45) is 0 Å². The molecule has 5 rings (SSSR count). The van der Waals surface area contributed by atoms with Crippen LogP contribution in [0.5, 0.6) is 0 Å². The fourth-order valence-electron chi connectivity index (χ4n) is 3.20. The first-order valence-corrected chi connectivity index (χ1v) is 9.22. The largest absolute Gasteiger partial charge is 0.321 e. The second kappa shape index (κ2) is 7.34. The molecule has 3 aromatic heterocycles. The monoisotopic (exact) mass is 415 g/mol. The number of imidazole rings is 1. The van der Waals surface area contributed by atoms with Crippen LogP contribution in [-0.4, -0.2) is 35.2 Å². The van der Waals surface area contributed by atoms with Crippen LogP contribution in [0.2, 0.25) is 0 Å². The molecular formula is C21H14FN7O2. The second-order valence-corrected chi connectivity index (χ2v) is 6.65. The summed E-state index contributed by atoms with van der Waals surface area (Å²) in [7, 11) is 0. The van der Waals surface area contributed by atoms with Gasteiger partial charge < -0.3 is 10.3 Å². The zero-order valence-corrected chi connectivity index (χ0v) is 15.9. The summed E-state index contributed by atoms with van der Waals surface area (Å²) in [5, 5.41) is 7.41. The van der Waals surface area contributed by atoms with Gasteiger partial charge in [0.2, 0.25) is 0 Å². The number of benzene rings is 2. The van der Waals surface area contributed by atoms with Gasteiger partial charge in [-0.2, -0.15) is 5.10 Å². The van der Waals surface area contributed by atoms with Crippen LogP contribution in [0.15, 0.2) is 78.4 Å². The van der Waals surface area contributed by atoms with Crippen molar-refractivity contribution in [3.63, 3.8) is 0 Å². The molecule has 0 aliphatic heterocycles. The van der Waals surface area contributed by atoms with Gasteiger partial charge in [-0.15, -0.1) is 0 Å². The highest BCUT2D eigenvalue weighted by atomic mass is 19.1. The van der Waals surface area contributed by atoms with Gasteiger partial charge in [0, 0.05) is 11.4 Å². The highest BCUT2D eigenvalue weighted by molar-refractivity contribution is 6.03. The minimum absolute atomic E-state index is 0.266. The molecule has 3 heterocycles. The van der Waals surface area contributed by atoms with Gasteiger partial charge in [0.05, 0.1) is 30.7 Å². The van der Waals surface area contributed by atoms with Crippen LogP contribution >= 0.6 is 0 Å². The Bertz CT molecular complexity index is 1450. The fraction of sp³-hybridized carbons (Fsp3) is 0. The summed E-state index contributed by atoms with van der Waals surface area (Å²) in [5.41, 5.74) is 2.33. The fourth-order valence-corrected chi connectivity index (χ4v) is 3.20. The van der Waals surface area contributed by atoms with Crippen molar-refractivity contribution >= 4 is 22.6 Å². The molecule has 9 nitrogen and oxygen atoms in total. The van der Waals surface area contributed by atoms with E-state index < -0.39 is 0 Å². The molecular weight excluding hydrogens is 401 g/mol. The van der Waals surface area contributed by atoms with Crippen molar-refractivity contribution in [3.8, 4) is 11.4 Å². The van der Waals surface area contributed by atoms with E-state index in [2.05, 4.69) is 25.4 Å². The number of fused-ring (bicyclic) bond motifs is 1. The number of halogens is 1. The lowest BCUT2D eigenvalue weighted by Crippen LogP contribution is -2.16. The predicted octanol–water partition coefficient (Wildman–Crippen LogP) is 2.69. The third kappa shape index (κ3) is 3.35. The number of aromatic amines is 1. The number of anilines is 1. The molecule has 5 aromatic rings. The smallest absolute Gasteiger partial charge is 0.274 e. The Balaban J connectivity index is 1.39. The molecule has 2 N–H and O–H groups in total. The molecule has 0 radical (unpaired) electrons. The van der Waals surface area contributed by atoms with Crippen LogP contribution in [0.3, 0.4) is 0 Å². The minimum Gasteiger partial charge on any atom is -0.321 e. The molecule has 10 heteroatoms. The molecule has 152 valence electrons. The summed E-state index contributed by atoms with van der Waals surface area (Å²) in [5.74, 6) is -0.730. The third-order valence-corrected chi connectivity index (χ3v) is 4.72. The SMILES string of the molecule is O=C(Nc1ccc(-n2ncc3c(=O)[nH]cnc32)cc1)c1cncn1-c1ccc(F)cc1. The number of nitrogens with zero attached hydrogens (tertiary/aromatic N) is 5. The van der Waals surface area contributed by atoms with Crippen LogP contribution in [0.1, 0.15) is 10.5 Å². The molecule has 0 aliphatic rings. The summed E-state index contributed by atoms with van der Waals surface area (Å²) in [6.07, 6.45) is 5.70. The molecule has 1 amide bonds. The Hall–Kier alpha value is -4.60. The van der Waals surface area contributed by atoms with Gasteiger partial charge in [-0.3, -0.25) is 14.2 Å². The number of hydrogen-bond acceptors (Lipinski definition) is 5. The van der Waals surface area contributed by atoms with Gasteiger partial charge in [-0.25, -0.2) is 19.0 Å². The Labute approximate surface area is 173 Å². The lowest BCUT2D eigenvalue weighted by atomic mass is 10.2. The van der Waals surface area contributed by atoms with Gasteiger partial charge >= 0.3 is 0 Å². The maximum Gasteiger partial charge on any atom is 0.274 e. The summed E-state index contributed by atoms with van der Waals surface area (Å²) < 4.78 is 16.3. The van der Waals surface area contributed by atoms with Crippen molar-refractivity contribution < 1.29 is 9.18 Å². The second-order valence-electron chi connectivity index (χ2n) is 6.65. The predicted molar refractivity (Wildman–Crippen MR) is 111 cm³/mol. The number of carbonyl (C=O) groups is 1. The van der Waals surface area contributed by atoms with Gasteiger partial charge in [0.25, 0.3) is 11.5 Å². The van der Waals surface area contributed by atoms with Crippen molar-refractivity contribution in [1.29, 1.82) is 0 Å². The molecule has 0 bridgehead atoms. The minimum atomic E-state index is -0.368. The Morgan fingerprint density at radius 1 is 1.00 bits per heavy atom. The first-order chi connectivity index (χ1) is 15.1. The Morgan fingerprint density at radius 2 is 1.74 bits per heavy atom. The molecule has 0 unspecified atom stereocenters. The van der Waals surface area contributed by atoms with Gasteiger partial charge in [-0.1, -0.05) is 0 Å². The molecule has 0 aliphatic carbocycles. The zero-order valence-electron chi connectivity index (χ0n) is 15.9. The van der Waals surface area contributed by atoms with Crippen molar-refractivity contribution in [2.75, 3.05) is 5.32 Å². The zero-order chi connectivity index (χ0) is 21.4. The summed E-state index contributed by atoms with van der Waals surface area (Å²) in [6.45, 7) is 0. The summed E-state index contributed by atoms with van der Waals surface area (Å²) >= 11 is 0. The van der Waals surface area contributed by atoms with Gasteiger partial charge in [-0.05, 0) is 48.5 Å². The lowest BCUT2D eigenvalue weighted by molar-refractivity contribution is 0.102. The van der Waals surface area contributed by atoms with Crippen LogP contribution in [0.25, 0.3) is 22.4 Å². The van der Waals surface area contributed by atoms with E-state index in [1.807, 2.05) is 0 Å². The molecule has 0 fully saturated rings. The van der Waals surface area contributed by atoms with Crippen molar-refractivity contribution in [2.45, 2.75) is 0 Å². The number of rotatable bonds is 4. The first kappa shape index (κ1) is 18.4. The van der Waals surface area contributed by atoms with E-state index in [0.29, 0.717) is 33.8 Å². The van der Waals surface area contributed by atoms with E-state index in [4.69, 9.17) is 0 Å². The number of nitrogens with one attached hydrogen (secondary N) is 2. The average Bonchev–Trinajstić information content (AvgIpc) is 3.43. The number of H-pyrrole nitrogens is 1. The van der Waals surface area contributed by atoms with E-state index in [-0.39, 0.29) is 17.3 Å². The van der Waals surface area contributed by atoms with Crippen LogP contribution < -0.4 is 10.9 Å². The quantitative estimate of drug-likeness (QED) is 0.469.